The third-order valence-corrected chi connectivity index (χ3v) is 3.75. The summed E-state index contributed by atoms with van der Waals surface area (Å²) in [6.45, 7) is 2.19. The van der Waals surface area contributed by atoms with Crippen molar-refractivity contribution in [3.05, 3.63) is 29.8 Å². The number of piperidine rings is 1. The van der Waals surface area contributed by atoms with Gasteiger partial charge in [0.25, 0.3) is 0 Å². The van der Waals surface area contributed by atoms with Crippen LogP contribution in [0.3, 0.4) is 0 Å². The number of hydrogen-bond acceptors (Lipinski definition) is 3. The van der Waals surface area contributed by atoms with Gasteiger partial charge in [0.05, 0.1) is 6.10 Å². The van der Waals surface area contributed by atoms with Crippen LogP contribution in [-0.2, 0) is 0 Å². The number of aliphatic hydroxyl groups is 1. The van der Waals surface area contributed by atoms with Crippen LogP contribution < -0.4 is 5.32 Å². The van der Waals surface area contributed by atoms with E-state index in [0.717, 1.165) is 18.4 Å². The molecule has 2 rings (SSSR count). The second kappa shape index (κ2) is 6.21. The van der Waals surface area contributed by atoms with Crippen LogP contribution in [0.4, 0.5) is 0 Å². The number of benzene rings is 1. The van der Waals surface area contributed by atoms with E-state index in [4.69, 9.17) is 0 Å². The van der Waals surface area contributed by atoms with E-state index >= 15 is 0 Å². The molecule has 1 heterocycles. The summed E-state index contributed by atoms with van der Waals surface area (Å²) in [4.78, 5) is 0. The number of nitrogens with one attached hydrogen (secondary N) is 1. The van der Waals surface area contributed by atoms with Crippen LogP contribution >= 0.6 is 0 Å². The van der Waals surface area contributed by atoms with Gasteiger partial charge in [0.2, 0.25) is 0 Å². The third kappa shape index (κ3) is 3.24. The lowest BCUT2D eigenvalue weighted by molar-refractivity contribution is 0.0996. The molecule has 0 amide bonds. The number of aliphatic hydroxyl groups excluding tert-OH is 1. The summed E-state index contributed by atoms with van der Waals surface area (Å²) in [7, 11) is 0. The lowest BCUT2D eigenvalue weighted by Gasteiger charge is -2.34. The molecule has 1 aromatic carbocycles. The van der Waals surface area contributed by atoms with Crippen molar-refractivity contribution in [3.8, 4) is 5.75 Å². The summed E-state index contributed by atoms with van der Waals surface area (Å²) >= 11 is 0. The van der Waals surface area contributed by atoms with Gasteiger partial charge in [-0.1, -0.05) is 31.9 Å². The molecule has 3 atom stereocenters. The third-order valence-electron chi connectivity index (χ3n) is 3.75. The first kappa shape index (κ1) is 13.4. The molecule has 0 radical (unpaired) electrons. The molecule has 1 fully saturated rings. The molecule has 1 aliphatic rings. The summed E-state index contributed by atoms with van der Waals surface area (Å²) in [6.07, 6.45) is 5.18. The van der Waals surface area contributed by atoms with Crippen LogP contribution in [0.15, 0.2) is 24.3 Å². The summed E-state index contributed by atoms with van der Waals surface area (Å²) in [5, 5.41) is 23.4. The van der Waals surface area contributed by atoms with Crippen LogP contribution in [0.1, 0.15) is 50.7 Å². The van der Waals surface area contributed by atoms with Crippen molar-refractivity contribution in [2.45, 2.75) is 57.2 Å². The van der Waals surface area contributed by atoms with E-state index in [2.05, 4.69) is 12.2 Å². The highest BCUT2D eigenvalue weighted by atomic mass is 16.3. The summed E-state index contributed by atoms with van der Waals surface area (Å²) in [5.74, 6) is 0.215. The maximum Gasteiger partial charge on any atom is 0.115 e. The second-order valence-electron chi connectivity index (χ2n) is 5.23. The number of phenols is 1. The van der Waals surface area contributed by atoms with Crippen molar-refractivity contribution in [2.75, 3.05) is 0 Å². The van der Waals surface area contributed by atoms with Gasteiger partial charge in [-0.15, -0.1) is 0 Å². The first-order chi connectivity index (χ1) is 8.70. The minimum Gasteiger partial charge on any atom is -0.508 e. The van der Waals surface area contributed by atoms with E-state index in [0.29, 0.717) is 6.04 Å². The molecule has 100 valence electrons. The molecule has 0 bridgehead atoms. The van der Waals surface area contributed by atoms with Crippen molar-refractivity contribution >= 4 is 0 Å². The van der Waals surface area contributed by atoms with Gasteiger partial charge in [-0.3, -0.25) is 0 Å². The average molecular weight is 249 g/mol. The number of aromatic hydroxyl groups is 1. The first-order valence-electron chi connectivity index (χ1n) is 6.93. The SMILES string of the molecule is CCC[C@@H]1CCC[C@H]([C@@H](O)c2cccc(O)c2)N1. The molecule has 0 aromatic heterocycles. The minimum absolute atomic E-state index is 0.108. The molecule has 0 unspecified atom stereocenters. The van der Waals surface area contributed by atoms with Crippen molar-refractivity contribution in [1.82, 2.24) is 5.32 Å². The fourth-order valence-electron chi connectivity index (χ4n) is 2.82. The second-order valence-corrected chi connectivity index (χ2v) is 5.23. The van der Waals surface area contributed by atoms with Crippen LogP contribution in [0.2, 0.25) is 0 Å². The fourth-order valence-corrected chi connectivity index (χ4v) is 2.82. The van der Waals surface area contributed by atoms with Crippen molar-refractivity contribution < 1.29 is 10.2 Å². The summed E-state index contributed by atoms with van der Waals surface area (Å²) in [5.41, 5.74) is 0.796. The lowest BCUT2D eigenvalue weighted by atomic mass is 9.90. The maximum atomic E-state index is 10.4. The molecule has 0 spiro atoms. The number of rotatable bonds is 4. The molecule has 1 aliphatic heterocycles. The molecular formula is C15H23NO2. The molecule has 0 aliphatic carbocycles. The van der Waals surface area contributed by atoms with Gasteiger partial charge >= 0.3 is 0 Å². The van der Waals surface area contributed by atoms with E-state index in [9.17, 15) is 10.2 Å². The summed E-state index contributed by atoms with van der Waals surface area (Å²) in [6, 6.07) is 7.56. The number of phenolic OH excluding ortho intramolecular Hbond substituents is 1. The molecule has 0 saturated carbocycles. The first-order valence-corrected chi connectivity index (χ1v) is 6.93. The van der Waals surface area contributed by atoms with Crippen LogP contribution in [0.5, 0.6) is 5.75 Å². The van der Waals surface area contributed by atoms with Crippen molar-refractivity contribution in [2.24, 2.45) is 0 Å². The zero-order chi connectivity index (χ0) is 13.0. The van der Waals surface area contributed by atoms with Crippen molar-refractivity contribution in [3.63, 3.8) is 0 Å². The Balaban J connectivity index is 2.02. The zero-order valence-corrected chi connectivity index (χ0v) is 11.0. The Morgan fingerprint density at radius 3 is 2.94 bits per heavy atom. The Kier molecular flexibility index (Phi) is 4.61. The molecule has 18 heavy (non-hydrogen) atoms. The Hall–Kier alpha value is -1.06. The zero-order valence-electron chi connectivity index (χ0n) is 11.0. The Morgan fingerprint density at radius 1 is 1.39 bits per heavy atom. The van der Waals surface area contributed by atoms with Gasteiger partial charge in [0, 0.05) is 12.1 Å². The van der Waals surface area contributed by atoms with Crippen LogP contribution in [0.25, 0.3) is 0 Å². The molecule has 3 N–H and O–H groups in total. The monoisotopic (exact) mass is 249 g/mol. The van der Waals surface area contributed by atoms with E-state index in [1.54, 1.807) is 18.2 Å². The van der Waals surface area contributed by atoms with Crippen LogP contribution in [-0.4, -0.2) is 22.3 Å². The van der Waals surface area contributed by atoms with Gasteiger partial charge < -0.3 is 15.5 Å². The number of hydrogen-bond donors (Lipinski definition) is 3. The highest BCUT2D eigenvalue weighted by Gasteiger charge is 2.27. The van der Waals surface area contributed by atoms with Gasteiger partial charge in [0.15, 0.2) is 0 Å². The van der Waals surface area contributed by atoms with Crippen molar-refractivity contribution in [1.29, 1.82) is 0 Å². The average Bonchev–Trinajstić information content (AvgIpc) is 2.39. The molecular weight excluding hydrogens is 226 g/mol. The van der Waals surface area contributed by atoms with Gasteiger partial charge in [-0.25, -0.2) is 0 Å². The fraction of sp³-hybridized carbons (Fsp3) is 0.600. The van der Waals surface area contributed by atoms with E-state index in [1.807, 2.05) is 6.07 Å². The van der Waals surface area contributed by atoms with Gasteiger partial charge in [-0.2, -0.15) is 0 Å². The summed E-state index contributed by atoms with van der Waals surface area (Å²) < 4.78 is 0. The van der Waals surface area contributed by atoms with Crippen LogP contribution in [0, 0.1) is 0 Å². The maximum absolute atomic E-state index is 10.4. The topological polar surface area (TPSA) is 52.5 Å². The van der Waals surface area contributed by atoms with E-state index in [-0.39, 0.29) is 11.8 Å². The molecule has 1 aromatic rings. The quantitative estimate of drug-likeness (QED) is 0.769. The Morgan fingerprint density at radius 2 is 2.22 bits per heavy atom. The smallest absolute Gasteiger partial charge is 0.115 e. The van der Waals surface area contributed by atoms with Gasteiger partial charge in [-0.05, 0) is 37.0 Å². The molecule has 3 heteroatoms. The van der Waals surface area contributed by atoms with E-state index in [1.165, 1.54) is 19.3 Å². The molecule has 3 nitrogen and oxygen atoms in total. The highest BCUT2D eigenvalue weighted by Crippen LogP contribution is 2.27. The predicted octanol–water partition coefficient (Wildman–Crippen LogP) is 2.74. The Labute approximate surface area is 109 Å². The van der Waals surface area contributed by atoms with Gasteiger partial charge in [0.1, 0.15) is 5.75 Å². The largest absolute Gasteiger partial charge is 0.508 e. The predicted molar refractivity (Wildman–Crippen MR) is 72.5 cm³/mol. The highest BCUT2D eigenvalue weighted by molar-refractivity contribution is 5.29. The normalized spacial score (nSPS) is 25.9. The minimum atomic E-state index is -0.531. The van der Waals surface area contributed by atoms with E-state index < -0.39 is 6.10 Å². The standard InChI is InChI=1S/C15H23NO2/c1-2-5-12-7-4-9-14(16-12)15(18)11-6-3-8-13(17)10-11/h3,6,8,10,12,14-18H,2,4-5,7,9H2,1H3/t12-,14-,15+/m1/s1. The lowest BCUT2D eigenvalue weighted by Crippen LogP contribution is -2.45. The molecule has 1 saturated heterocycles. The Bertz CT molecular complexity index is 379.